The first kappa shape index (κ1) is 22.4. The van der Waals surface area contributed by atoms with Crippen LogP contribution in [0.15, 0.2) is 48.5 Å². The van der Waals surface area contributed by atoms with Gasteiger partial charge in [-0.25, -0.2) is 0 Å². The number of amides is 1. The molecule has 1 heterocycles. The number of benzene rings is 2. The first-order chi connectivity index (χ1) is 14.7. The normalized spacial score (nSPS) is 15.1. The van der Waals surface area contributed by atoms with Gasteiger partial charge < -0.3 is 10.1 Å². The molecule has 0 spiro atoms. The van der Waals surface area contributed by atoms with Gasteiger partial charge in [0.05, 0.1) is 6.61 Å². The van der Waals surface area contributed by atoms with Gasteiger partial charge in [0.15, 0.2) is 0 Å². The van der Waals surface area contributed by atoms with Gasteiger partial charge >= 0.3 is 0 Å². The molecule has 0 saturated carbocycles. The lowest BCUT2D eigenvalue weighted by Gasteiger charge is -2.31. The predicted molar refractivity (Wildman–Crippen MR) is 123 cm³/mol. The lowest BCUT2D eigenvalue weighted by atomic mass is 9.95. The van der Waals surface area contributed by atoms with Crippen molar-refractivity contribution in [2.45, 2.75) is 52.5 Å². The summed E-state index contributed by atoms with van der Waals surface area (Å²) in [6, 6.07) is 16.8. The van der Waals surface area contributed by atoms with Crippen LogP contribution in [0.25, 0.3) is 0 Å². The minimum Gasteiger partial charge on any atom is -0.493 e. The van der Waals surface area contributed by atoms with Gasteiger partial charge in [-0.05, 0) is 74.9 Å². The fraction of sp³-hybridized carbons (Fsp3) is 0.500. The van der Waals surface area contributed by atoms with Gasteiger partial charge in [0.1, 0.15) is 5.75 Å². The molecule has 1 fully saturated rings. The summed E-state index contributed by atoms with van der Waals surface area (Å²) in [6.45, 7) is 8.74. The molecule has 1 N–H and O–H groups in total. The van der Waals surface area contributed by atoms with Crippen molar-refractivity contribution in [3.8, 4) is 5.75 Å². The zero-order valence-electron chi connectivity index (χ0n) is 18.5. The number of nitrogens with one attached hydrogen (secondary N) is 1. The summed E-state index contributed by atoms with van der Waals surface area (Å²) in [7, 11) is 0. The number of ether oxygens (including phenoxy) is 1. The van der Waals surface area contributed by atoms with Crippen molar-refractivity contribution in [1.82, 2.24) is 10.2 Å². The summed E-state index contributed by atoms with van der Waals surface area (Å²) in [5.74, 6) is 1.35. The minimum absolute atomic E-state index is 0.151. The third-order valence-electron chi connectivity index (χ3n) is 5.97. The Morgan fingerprint density at radius 3 is 2.50 bits per heavy atom. The highest BCUT2D eigenvalue weighted by atomic mass is 16.5. The average molecular weight is 409 g/mol. The molecule has 1 aliphatic rings. The zero-order valence-corrected chi connectivity index (χ0v) is 18.5. The highest BCUT2D eigenvalue weighted by Crippen LogP contribution is 2.21. The summed E-state index contributed by atoms with van der Waals surface area (Å²) >= 11 is 0. The van der Waals surface area contributed by atoms with Crippen LogP contribution in [-0.2, 0) is 17.8 Å². The maximum absolute atomic E-state index is 12.6. The number of carbonyl (C=O) groups excluding carboxylic acids is 1. The summed E-state index contributed by atoms with van der Waals surface area (Å²) in [5.41, 5.74) is 3.97. The van der Waals surface area contributed by atoms with Crippen molar-refractivity contribution in [3.05, 3.63) is 65.2 Å². The van der Waals surface area contributed by atoms with E-state index in [0.29, 0.717) is 0 Å². The molecule has 30 heavy (non-hydrogen) atoms. The molecule has 2 aromatic carbocycles. The summed E-state index contributed by atoms with van der Waals surface area (Å²) in [5, 5.41) is 3.16. The van der Waals surface area contributed by atoms with Crippen LogP contribution in [0, 0.1) is 12.8 Å². The third-order valence-corrected chi connectivity index (χ3v) is 5.97. The average Bonchev–Trinajstić information content (AvgIpc) is 2.78. The van der Waals surface area contributed by atoms with Gasteiger partial charge in [-0.2, -0.15) is 0 Å². The summed E-state index contributed by atoms with van der Waals surface area (Å²) in [4.78, 5) is 15.1. The molecule has 1 amide bonds. The van der Waals surface area contributed by atoms with Crippen molar-refractivity contribution in [2.24, 2.45) is 5.92 Å². The second-order valence-electron chi connectivity index (χ2n) is 8.33. The SMILES string of the molecule is CCCOc1ccccc1CCCNC(=O)C1CCN(Cc2ccccc2C)CC1. The molecule has 3 rings (SSSR count). The zero-order chi connectivity index (χ0) is 21.2. The van der Waals surface area contributed by atoms with E-state index in [1.165, 1.54) is 16.7 Å². The first-order valence-electron chi connectivity index (χ1n) is 11.4. The summed E-state index contributed by atoms with van der Waals surface area (Å²) < 4.78 is 5.83. The number of para-hydroxylation sites is 1. The molecule has 0 aromatic heterocycles. The number of piperidine rings is 1. The van der Waals surface area contributed by atoms with E-state index in [1.54, 1.807) is 0 Å². The molecule has 162 valence electrons. The fourth-order valence-electron chi connectivity index (χ4n) is 4.08. The minimum atomic E-state index is 0.151. The Labute approximate surface area is 181 Å². The molecule has 0 bridgehead atoms. The monoisotopic (exact) mass is 408 g/mol. The van der Waals surface area contributed by atoms with Crippen LogP contribution in [0.5, 0.6) is 5.75 Å². The smallest absolute Gasteiger partial charge is 0.223 e. The molecule has 4 nitrogen and oxygen atoms in total. The van der Waals surface area contributed by atoms with Gasteiger partial charge in [-0.1, -0.05) is 49.4 Å². The van der Waals surface area contributed by atoms with Crippen LogP contribution in [-0.4, -0.2) is 37.0 Å². The molecular formula is C26H36N2O2. The van der Waals surface area contributed by atoms with Gasteiger partial charge in [0.25, 0.3) is 0 Å². The standard InChI is InChI=1S/C26H36N2O2/c1-3-19-30-25-13-7-6-10-22(25)12-8-16-27-26(29)23-14-17-28(18-15-23)20-24-11-5-4-9-21(24)2/h4-7,9-11,13,23H,3,8,12,14-20H2,1-2H3,(H,27,29). The largest absolute Gasteiger partial charge is 0.493 e. The van der Waals surface area contributed by atoms with Gasteiger partial charge in [0.2, 0.25) is 5.91 Å². The number of hydrogen-bond donors (Lipinski definition) is 1. The van der Waals surface area contributed by atoms with E-state index >= 15 is 0 Å². The van der Waals surface area contributed by atoms with E-state index < -0.39 is 0 Å². The van der Waals surface area contributed by atoms with Crippen LogP contribution in [0.4, 0.5) is 0 Å². The van der Waals surface area contributed by atoms with Crippen LogP contribution in [0.2, 0.25) is 0 Å². The van der Waals surface area contributed by atoms with Gasteiger partial charge in [-0.15, -0.1) is 0 Å². The van der Waals surface area contributed by atoms with Crippen LogP contribution in [0.1, 0.15) is 49.3 Å². The third kappa shape index (κ3) is 6.60. The maximum atomic E-state index is 12.6. The molecule has 0 aliphatic carbocycles. The molecule has 0 atom stereocenters. The number of likely N-dealkylation sites (tertiary alicyclic amines) is 1. The number of aryl methyl sites for hydroxylation is 2. The second kappa shape index (κ2) is 11.8. The topological polar surface area (TPSA) is 41.6 Å². The van der Waals surface area contributed by atoms with E-state index in [2.05, 4.69) is 60.5 Å². The molecule has 0 unspecified atom stereocenters. The Hall–Kier alpha value is -2.33. The molecule has 0 radical (unpaired) electrons. The van der Waals surface area contributed by atoms with Crippen molar-refractivity contribution in [1.29, 1.82) is 0 Å². The van der Waals surface area contributed by atoms with E-state index in [1.807, 2.05) is 12.1 Å². The number of carbonyl (C=O) groups is 1. The number of nitrogens with zero attached hydrogens (tertiary/aromatic N) is 1. The Morgan fingerprint density at radius 1 is 1.07 bits per heavy atom. The Morgan fingerprint density at radius 2 is 1.77 bits per heavy atom. The highest BCUT2D eigenvalue weighted by molar-refractivity contribution is 5.78. The molecule has 4 heteroatoms. The molecular weight excluding hydrogens is 372 g/mol. The Balaban J connectivity index is 1.36. The van der Waals surface area contributed by atoms with E-state index in [9.17, 15) is 4.79 Å². The van der Waals surface area contributed by atoms with Crippen molar-refractivity contribution in [3.63, 3.8) is 0 Å². The van der Waals surface area contributed by atoms with Gasteiger partial charge in [-0.3, -0.25) is 9.69 Å². The van der Waals surface area contributed by atoms with E-state index in [-0.39, 0.29) is 11.8 Å². The fourth-order valence-corrected chi connectivity index (χ4v) is 4.08. The van der Waals surface area contributed by atoms with Crippen molar-refractivity contribution in [2.75, 3.05) is 26.2 Å². The lowest BCUT2D eigenvalue weighted by Crippen LogP contribution is -2.40. The van der Waals surface area contributed by atoms with E-state index in [4.69, 9.17) is 4.74 Å². The molecule has 1 aliphatic heterocycles. The first-order valence-corrected chi connectivity index (χ1v) is 11.4. The quantitative estimate of drug-likeness (QED) is 0.577. The number of rotatable bonds is 10. The van der Waals surface area contributed by atoms with Crippen molar-refractivity contribution < 1.29 is 9.53 Å². The Bertz CT molecular complexity index is 797. The van der Waals surface area contributed by atoms with Gasteiger partial charge in [0, 0.05) is 19.0 Å². The summed E-state index contributed by atoms with van der Waals surface area (Å²) in [6.07, 6.45) is 4.77. The molecule has 1 saturated heterocycles. The highest BCUT2D eigenvalue weighted by Gasteiger charge is 2.24. The Kier molecular flexibility index (Phi) is 8.76. The maximum Gasteiger partial charge on any atom is 0.223 e. The van der Waals surface area contributed by atoms with E-state index in [0.717, 1.165) is 70.6 Å². The predicted octanol–water partition coefficient (Wildman–Crippen LogP) is 4.74. The second-order valence-corrected chi connectivity index (χ2v) is 8.33. The lowest BCUT2D eigenvalue weighted by molar-refractivity contribution is -0.126. The number of hydrogen-bond acceptors (Lipinski definition) is 3. The van der Waals surface area contributed by atoms with Crippen LogP contribution >= 0.6 is 0 Å². The van der Waals surface area contributed by atoms with Crippen LogP contribution < -0.4 is 10.1 Å². The van der Waals surface area contributed by atoms with Crippen LogP contribution in [0.3, 0.4) is 0 Å². The molecule has 2 aromatic rings. The van der Waals surface area contributed by atoms with Crippen molar-refractivity contribution >= 4 is 5.91 Å².